The molecular weight excluding hydrogens is 312 g/mol. The molecule has 0 aliphatic rings. The lowest BCUT2D eigenvalue weighted by molar-refractivity contribution is 0.0697. The lowest BCUT2D eigenvalue weighted by Crippen LogP contribution is -2.08. The monoisotopic (exact) mass is 324 g/mol. The van der Waals surface area contributed by atoms with Gasteiger partial charge in [-0.25, -0.2) is 4.79 Å². The molecule has 19 heavy (non-hydrogen) atoms. The molecule has 6 nitrogen and oxygen atoms in total. The fourth-order valence-corrected chi connectivity index (χ4v) is 2.13. The molecule has 0 spiro atoms. The summed E-state index contributed by atoms with van der Waals surface area (Å²) in [6.45, 7) is 1.50. The zero-order valence-corrected chi connectivity index (χ0v) is 11.7. The van der Waals surface area contributed by atoms with Crippen LogP contribution in [0.5, 0.6) is 0 Å². The molecule has 0 atom stereocenters. The maximum Gasteiger partial charge on any atom is 0.335 e. The average Bonchev–Trinajstić information content (AvgIpc) is 2.87. The fraction of sp³-hybridized carbons (Fsp3) is 0.250. The van der Waals surface area contributed by atoms with Crippen LogP contribution in [0.25, 0.3) is 0 Å². The van der Waals surface area contributed by atoms with Crippen molar-refractivity contribution in [1.29, 1.82) is 0 Å². The van der Waals surface area contributed by atoms with E-state index in [0.717, 1.165) is 29.7 Å². The van der Waals surface area contributed by atoms with Gasteiger partial charge in [-0.3, -0.25) is 4.68 Å². The third-order valence-corrected chi connectivity index (χ3v) is 2.97. The van der Waals surface area contributed by atoms with Crippen LogP contribution in [0, 0.1) is 0 Å². The average molecular weight is 325 g/mol. The Hall–Kier alpha value is -1.89. The van der Waals surface area contributed by atoms with Crippen LogP contribution >= 0.6 is 15.9 Å². The predicted molar refractivity (Wildman–Crippen MR) is 74.2 cm³/mol. The molecule has 0 radical (unpaired) electrons. The molecule has 2 N–H and O–H groups in total. The molecule has 0 fully saturated rings. The molecule has 0 amide bonds. The minimum absolute atomic E-state index is 0.258. The molecule has 1 aromatic heterocycles. The number of nitrogens with one attached hydrogen (secondary N) is 1. The van der Waals surface area contributed by atoms with Crippen molar-refractivity contribution < 1.29 is 9.90 Å². The van der Waals surface area contributed by atoms with Crippen molar-refractivity contribution in [3.63, 3.8) is 0 Å². The highest BCUT2D eigenvalue weighted by Crippen LogP contribution is 2.19. The van der Waals surface area contributed by atoms with Gasteiger partial charge in [-0.05, 0) is 24.6 Å². The molecule has 2 rings (SSSR count). The van der Waals surface area contributed by atoms with Gasteiger partial charge in [0, 0.05) is 29.4 Å². The van der Waals surface area contributed by atoms with Crippen LogP contribution in [0.4, 0.5) is 5.69 Å². The second-order valence-electron chi connectivity index (χ2n) is 3.98. The first-order valence-corrected chi connectivity index (χ1v) is 6.56. The number of carboxylic acids is 1. The Morgan fingerprint density at radius 3 is 2.95 bits per heavy atom. The van der Waals surface area contributed by atoms with Gasteiger partial charge in [-0.15, -0.1) is 5.10 Å². The van der Waals surface area contributed by atoms with Gasteiger partial charge in [0.25, 0.3) is 0 Å². The molecule has 0 saturated carbocycles. The van der Waals surface area contributed by atoms with Crippen molar-refractivity contribution in [2.45, 2.75) is 13.0 Å². The molecule has 0 bridgehead atoms. The van der Waals surface area contributed by atoms with E-state index in [1.54, 1.807) is 23.0 Å². The zero-order chi connectivity index (χ0) is 13.7. The summed E-state index contributed by atoms with van der Waals surface area (Å²) < 4.78 is 2.50. The van der Waals surface area contributed by atoms with Gasteiger partial charge in [0.15, 0.2) is 0 Å². The molecule has 100 valence electrons. The lowest BCUT2D eigenvalue weighted by atomic mass is 10.2. The number of carboxylic acid groups (broad SMARTS) is 1. The Morgan fingerprint density at radius 1 is 1.42 bits per heavy atom. The summed E-state index contributed by atoms with van der Waals surface area (Å²) in [4.78, 5) is 10.9. The van der Waals surface area contributed by atoms with Crippen LogP contribution in [-0.4, -0.2) is 32.6 Å². The maximum absolute atomic E-state index is 10.9. The predicted octanol–water partition coefficient (Wildman–Crippen LogP) is 2.24. The van der Waals surface area contributed by atoms with E-state index in [1.807, 2.05) is 12.3 Å². The highest BCUT2D eigenvalue weighted by molar-refractivity contribution is 9.10. The molecule has 0 aliphatic carbocycles. The Bertz CT molecular complexity index is 557. The van der Waals surface area contributed by atoms with Crippen molar-refractivity contribution in [2.75, 3.05) is 11.9 Å². The van der Waals surface area contributed by atoms with Gasteiger partial charge >= 0.3 is 5.97 Å². The fourth-order valence-electron chi connectivity index (χ4n) is 1.64. The Balaban J connectivity index is 1.87. The van der Waals surface area contributed by atoms with Gasteiger partial charge in [0.2, 0.25) is 0 Å². The van der Waals surface area contributed by atoms with E-state index in [9.17, 15) is 4.79 Å². The third kappa shape index (κ3) is 4.06. The number of aryl methyl sites for hydroxylation is 1. The molecule has 1 heterocycles. The second kappa shape index (κ2) is 6.33. The second-order valence-corrected chi connectivity index (χ2v) is 4.90. The van der Waals surface area contributed by atoms with Crippen molar-refractivity contribution in [3.05, 3.63) is 40.6 Å². The van der Waals surface area contributed by atoms with Crippen LogP contribution in [0.3, 0.4) is 0 Å². The number of benzene rings is 1. The van der Waals surface area contributed by atoms with Crippen LogP contribution in [0.1, 0.15) is 16.8 Å². The normalized spacial score (nSPS) is 10.4. The Labute approximate surface area is 118 Å². The van der Waals surface area contributed by atoms with Crippen LogP contribution in [0.15, 0.2) is 35.1 Å². The van der Waals surface area contributed by atoms with Gasteiger partial charge in [0.1, 0.15) is 0 Å². The molecule has 0 saturated heterocycles. The Morgan fingerprint density at radius 2 is 2.26 bits per heavy atom. The number of aromatic nitrogens is 3. The standard InChI is InChI=1S/C12H13BrN4O2/c13-10-6-9(12(18)19)7-11(8-10)14-2-1-4-17-5-3-15-16-17/h3,5-8,14H,1-2,4H2,(H,18,19). The van der Waals surface area contributed by atoms with E-state index < -0.39 is 5.97 Å². The third-order valence-electron chi connectivity index (χ3n) is 2.51. The topological polar surface area (TPSA) is 80.0 Å². The van der Waals surface area contributed by atoms with E-state index in [1.165, 1.54) is 0 Å². The maximum atomic E-state index is 10.9. The van der Waals surface area contributed by atoms with Crippen molar-refractivity contribution in [3.8, 4) is 0 Å². The van der Waals surface area contributed by atoms with Gasteiger partial charge in [0.05, 0.1) is 11.8 Å². The first-order valence-electron chi connectivity index (χ1n) is 5.77. The molecule has 1 aromatic carbocycles. The Kier molecular flexibility index (Phi) is 4.51. The van der Waals surface area contributed by atoms with Crippen LogP contribution in [-0.2, 0) is 6.54 Å². The van der Waals surface area contributed by atoms with Crippen LogP contribution < -0.4 is 5.32 Å². The largest absolute Gasteiger partial charge is 0.478 e. The van der Waals surface area contributed by atoms with E-state index in [-0.39, 0.29) is 5.56 Å². The summed E-state index contributed by atoms with van der Waals surface area (Å²) in [7, 11) is 0. The number of rotatable bonds is 6. The minimum Gasteiger partial charge on any atom is -0.478 e. The number of anilines is 1. The first-order chi connectivity index (χ1) is 9.15. The van der Waals surface area contributed by atoms with E-state index in [4.69, 9.17) is 5.11 Å². The van der Waals surface area contributed by atoms with Crippen molar-refractivity contribution >= 4 is 27.6 Å². The van der Waals surface area contributed by atoms with E-state index >= 15 is 0 Å². The smallest absolute Gasteiger partial charge is 0.335 e. The summed E-state index contributed by atoms with van der Waals surface area (Å²) in [6.07, 6.45) is 4.32. The van der Waals surface area contributed by atoms with Crippen molar-refractivity contribution in [1.82, 2.24) is 15.0 Å². The molecular formula is C12H13BrN4O2. The zero-order valence-electron chi connectivity index (χ0n) is 10.1. The first kappa shape index (κ1) is 13.5. The van der Waals surface area contributed by atoms with Gasteiger partial charge < -0.3 is 10.4 Å². The lowest BCUT2D eigenvalue weighted by Gasteiger charge is -2.08. The quantitative estimate of drug-likeness (QED) is 0.796. The van der Waals surface area contributed by atoms with Crippen molar-refractivity contribution in [2.24, 2.45) is 0 Å². The van der Waals surface area contributed by atoms with Gasteiger partial charge in [-0.2, -0.15) is 0 Å². The molecule has 2 aromatic rings. The number of nitrogens with zero attached hydrogens (tertiary/aromatic N) is 3. The molecule has 0 aliphatic heterocycles. The number of carbonyl (C=O) groups is 1. The molecule has 0 unspecified atom stereocenters. The van der Waals surface area contributed by atoms with E-state index in [0.29, 0.717) is 0 Å². The van der Waals surface area contributed by atoms with Crippen LogP contribution in [0.2, 0.25) is 0 Å². The summed E-state index contributed by atoms with van der Waals surface area (Å²) in [5.41, 5.74) is 1.04. The van der Waals surface area contributed by atoms with Gasteiger partial charge in [-0.1, -0.05) is 21.1 Å². The number of hydrogen-bond donors (Lipinski definition) is 2. The summed E-state index contributed by atoms with van der Waals surface area (Å²) in [5, 5.41) is 19.7. The minimum atomic E-state index is -0.938. The number of halogens is 1. The summed E-state index contributed by atoms with van der Waals surface area (Å²) >= 11 is 3.30. The molecule has 7 heteroatoms. The summed E-state index contributed by atoms with van der Waals surface area (Å²) in [5.74, 6) is -0.938. The van der Waals surface area contributed by atoms with E-state index in [2.05, 4.69) is 31.6 Å². The summed E-state index contributed by atoms with van der Waals surface area (Å²) in [6, 6.07) is 5.04. The highest BCUT2D eigenvalue weighted by Gasteiger charge is 2.05. The number of hydrogen-bond acceptors (Lipinski definition) is 4. The highest BCUT2D eigenvalue weighted by atomic mass is 79.9. The SMILES string of the molecule is O=C(O)c1cc(Br)cc(NCCCn2ccnn2)c1. The number of aromatic carboxylic acids is 1.